The van der Waals surface area contributed by atoms with E-state index in [2.05, 4.69) is 241 Å². The van der Waals surface area contributed by atoms with Gasteiger partial charge in [-0.15, -0.1) is 0 Å². The Kier molecular flexibility index (Phi) is 7.58. The van der Waals surface area contributed by atoms with Gasteiger partial charge in [0.1, 0.15) is 0 Å². The Morgan fingerprint density at radius 3 is 1.37 bits per heavy atom. The zero-order valence-corrected chi connectivity index (χ0v) is 33.5. The highest BCUT2D eigenvalue weighted by Gasteiger charge is 2.36. The summed E-state index contributed by atoms with van der Waals surface area (Å²) in [5.41, 5.74) is 20.1. The molecule has 0 unspecified atom stereocenters. The second-order valence-corrected chi connectivity index (χ2v) is 16.7. The summed E-state index contributed by atoms with van der Waals surface area (Å²) in [7, 11) is 0. The molecule has 0 radical (unpaired) electrons. The normalized spacial score (nSPS) is 13.6. The fourth-order valence-corrected chi connectivity index (χ4v) is 9.98. The average Bonchev–Trinajstić information content (AvgIpc) is 3.75. The molecular formula is C57H41N3. The van der Waals surface area contributed by atoms with Crippen molar-refractivity contribution >= 4 is 55.9 Å². The topological polar surface area (TPSA) is 11.4 Å². The van der Waals surface area contributed by atoms with E-state index >= 15 is 0 Å². The van der Waals surface area contributed by atoms with E-state index in [4.69, 9.17) is 0 Å². The zero-order valence-electron chi connectivity index (χ0n) is 33.5. The molecule has 2 aliphatic rings. The molecule has 0 saturated heterocycles. The molecule has 9 aromatic carbocycles. The van der Waals surface area contributed by atoms with Crippen LogP contribution in [0.4, 0.5) is 34.1 Å². The van der Waals surface area contributed by atoms with Crippen LogP contribution >= 0.6 is 0 Å². The minimum atomic E-state index is -0.107. The van der Waals surface area contributed by atoms with Crippen LogP contribution in [0, 0.1) is 0 Å². The number of anilines is 6. The molecule has 1 aliphatic heterocycles. The molecule has 0 saturated carbocycles. The van der Waals surface area contributed by atoms with E-state index in [1.807, 2.05) is 0 Å². The quantitative estimate of drug-likeness (QED) is 0.177. The van der Waals surface area contributed by atoms with Crippen molar-refractivity contribution < 1.29 is 0 Å². The van der Waals surface area contributed by atoms with E-state index in [0.717, 1.165) is 62.1 Å². The van der Waals surface area contributed by atoms with Gasteiger partial charge in [0.05, 0.1) is 11.0 Å². The Hall–Kier alpha value is -7.62. The summed E-state index contributed by atoms with van der Waals surface area (Å²) >= 11 is 0. The molecule has 3 heteroatoms. The van der Waals surface area contributed by atoms with Crippen molar-refractivity contribution in [1.29, 1.82) is 0 Å². The number of nitrogens with zero attached hydrogens (tertiary/aromatic N) is 3. The number of hydrogen-bond acceptors (Lipinski definition) is 2. The minimum Gasteiger partial charge on any atom is -0.310 e. The summed E-state index contributed by atoms with van der Waals surface area (Å²) in [6.07, 6.45) is 0. The van der Waals surface area contributed by atoms with E-state index in [1.54, 1.807) is 0 Å². The molecule has 3 nitrogen and oxygen atoms in total. The van der Waals surface area contributed by atoms with Crippen molar-refractivity contribution in [3.8, 4) is 39.1 Å². The predicted octanol–water partition coefficient (Wildman–Crippen LogP) is 15.7. The van der Waals surface area contributed by atoms with Gasteiger partial charge in [0.2, 0.25) is 0 Å². The molecule has 284 valence electrons. The molecule has 2 heterocycles. The van der Waals surface area contributed by atoms with Gasteiger partial charge in [-0.05, 0) is 136 Å². The summed E-state index contributed by atoms with van der Waals surface area (Å²) in [6, 6.07) is 78.4. The molecule has 0 spiro atoms. The van der Waals surface area contributed by atoms with Crippen LogP contribution in [0.2, 0.25) is 0 Å². The van der Waals surface area contributed by atoms with Crippen LogP contribution in [0.15, 0.2) is 212 Å². The fourth-order valence-electron chi connectivity index (χ4n) is 9.98. The third-order valence-corrected chi connectivity index (χ3v) is 12.8. The lowest BCUT2D eigenvalue weighted by Crippen LogP contribution is -2.16. The van der Waals surface area contributed by atoms with Crippen molar-refractivity contribution in [2.24, 2.45) is 0 Å². The van der Waals surface area contributed by atoms with Gasteiger partial charge in [0.15, 0.2) is 0 Å². The van der Waals surface area contributed by atoms with E-state index in [0.29, 0.717) is 0 Å². The molecule has 0 amide bonds. The van der Waals surface area contributed by atoms with Gasteiger partial charge >= 0.3 is 0 Å². The van der Waals surface area contributed by atoms with Gasteiger partial charge in [-0.3, -0.25) is 0 Å². The first-order valence-corrected chi connectivity index (χ1v) is 20.8. The molecule has 8 bridgehead atoms. The second-order valence-electron chi connectivity index (χ2n) is 16.7. The van der Waals surface area contributed by atoms with Gasteiger partial charge in [0, 0.05) is 56.0 Å². The lowest BCUT2D eigenvalue weighted by atomic mass is 9.82. The summed E-state index contributed by atoms with van der Waals surface area (Å²) in [5.74, 6) is 0. The molecule has 0 fully saturated rings. The zero-order chi connectivity index (χ0) is 40.0. The number of para-hydroxylation sites is 2. The third kappa shape index (κ3) is 5.29. The number of fused-ring (bicyclic) bond motifs is 16. The summed E-state index contributed by atoms with van der Waals surface area (Å²) in [6.45, 7) is 4.71. The van der Waals surface area contributed by atoms with Gasteiger partial charge in [-0.25, -0.2) is 0 Å². The van der Waals surface area contributed by atoms with Gasteiger partial charge in [0.25, 0.3) is 0 Å². The van der Waals surface area contributed by atoms with Crippen LogP contribution in [0.25, 0.3) is 60.9 Å². The maximum Gasteiger partial charge on any atom is 0.0561 e. The first kappa shape index (κ1) is 34.4. The van der Waals surface area contributed by atoms with Crippen molar-refractivity contribution in [2.75, 3.05) is 9.80 Å². The molecule has 10 aromatic rings. The van der Waals surface area contributed by atoms with Crippen molar-refractivity contribution in [3.05, 3.63) is 223 Å². The summed E-state index contributed by atoms with van der Waals surface area (Å²) < 4.78 is 2.40. The Bertz CT molecular complexity index is 3230. The third-order valence-electron chi connectivity index (χ3n) is 12.8. The van der Waals surface area contributed by atoms with Gasteiger partial charge < -0.3 is 14.4 Å². The Morgan fingerprint density at radius 1 is 0.300 bits per heavy atom. The number of hydrogen-bond donors (Lipinski definition) is 0. The Labute approximate surface area is 350 Å². The van der Waals surface area contributed by atoms with E-state index in [-0.39, 0.29) is 5.41 Å². The molecule has 0 N–H and O–H groups in total. The largest absolute Gasteiger partial charge is 0.310 e. The lowest BCUT2D eigenvalue weighted by Gasteiger charge is -2.29. The first-order chi connectivity index (χ1) is 29.5. The lowest BCUT2D eigenvalue weighted by molar-refractivity contribution is 0.660. The molecule has 60 heavy (non-hydrogen) atoms. The maximum atomic E-state index is 2.43. The van der Waals surface area contributed by atoms with Crippen LogP contribution in [0.3, 0.4) is 0 Å². The number of benzene rings is 9. The van der Waals surface area contributed by atoms with E-state index in [9.17, 15) is 0 Å². The van der Waals surface area contributed by atoms with Crippen LogP contribution in [-0.2, 0) is 5.41 Å². The minimum absolute atomic E-state index is 0.107. The van der Waals surface area contributed by atoms with Crippen LogP contribution < -0.4 is 9.80 Å². The second kappa shape index (κ2) is 13.2. The smallest absolute Gasteiger partial charge is 0.0561 e. The Balaban J connectivity index is 1.06. The van der Waals surface area contributed by atoms with Crippen LogP contribution in [0.5, 0.6) is 0 Å². The molecule has 12 rings (SSSR count). The summed E-state index contributed by atoms with van der Waals surface area (Å²) in [4.78, 5) is 4.84. The molecule has 1 aliphatic carbocycles. The SMILES string of the molecule is CC1(C)c2ccccc2-c2ccc(N3c4cccc(c4)-c4cccc(c4)N(c4ccc5c6ccccc6n(-c6ccccc6)c5c4)c4cccc(c4)-c4cccc3c4)cc21. The standard InChI is InChI=1S/C57H41N3/c1-57(2)53-26-8-6-24-49(53)50-30-28-47(36-54(50)57)58-43-20-10-14-38(32-43)40-16-12-22-45(34-40)59(46-23-13-17-41(35-46)39-15-11-21-44(58)33-39)48-29-31-52-51-25-7-9-27-55(51)60(56(52)37-48)42-18-4-3-5-19-42/h3-37H,1-2H3. The highest BCUT2D eigenvalue weighted by atomic mass is 15.2. The Morgan fingerprint density at radius 2 is 0.750 bits per heavy atom. The summed E-state index contributed by atoms with van der Waals surface area (Å²) in [5, 5.41) is 2.48. The van der Waals surface area contributed by atoms with Gasteiger partial charge in [-0.1, -0.05) is 135 Å². The monoisotopic (exact) mass is 767 g/mol. The van der Waals surface area contributed by atoms with Gasteiger partial charge in [-0.2, -0.15) is 0 Å². The van der Waals surface area contributed by atoms with E-state index in [1.165, 1.54) is 44.1 Å². The molecule has 0 atom stereocenters. The van der Waals surface area contributed by atoms with Crippen molar-refractivity contribution in [2.45, 2.75) is 19.3 Å². The van der Waals surface area contributed by atoms with Crippen LogP contribution in [-0.4, -0.2) is 4.57 Å². The highest BCUT2D eigenvalue weighted by Crippen LogP contribution is 2.51. The van der Waals surface area contributed by atoms with Crippen molar-refractivity contribution in [1.82, 2.24) is 4.57 Å². The molecule has 1 aromatic heterocycles. The number of rotatable bonds is 3. The average molecular weight is 768 g/mol. The predicted molar refractivity (Wildman–Crippen MR) is 252 cm³/mol. The fraction of sp³-hybridized carbons (Fsp3) is 0.0526. The highest BCUT2D eigenvalue weighted by molar-refractivity contribution is 6.10. The number of aromatic nitrogens is 1. The van der Waals surface area contributed by atoms with Crippen LogP contribution in [0.1, 0.15) is 25.0 Å². The first-order valence-electron chi connectivity index (χ1n) is 20.8. The van der Waals surface area contributed by atoms with Crippen molar-refractivity contribution in [3.63, 3.8) is 0 Å². The maximum absolute atomic E-state index is 2.43. The molecular weight excluding hydrogens is 727 g/mol. The van der Waals surface area contributed by atoms with E-state index < -0.39 is 0 Å².